The number of halogens is 1. The lowest BCUT2D eigenvalue weighted by molar-refractivity contribution is -0.162. The molecule has 2 aliphatic heterocycles. The Bertz CT molecular complexity index is 601. The summed E-state index contributed by atoms with van der Waals surface area (Å²) >= 11 is 5.93. The zero-order valence-electron chi connectivity index (χ0n) is 13.5. The normalized spacial score (nSPS) is 27.3. The van der Waals surface area contributed by atoms with Gasteiger partial charge in [0.05, 0.1) is 12.1 Å². The molecule has 2 aliphatic rings. The molecule has 24 heavy (non-hydrogen) atoms. The van der Waals surface area contributed by atoms with E-state index in [0.717, 1.165) is 25.0 Å². The Labute approximate surface area is 146 Å². The lowest BCUT2D eigenvalue weighted by Crippen LogP contribution is -2.53. The number of hydrogen-bond acceptors (Lipinski definition) is 4. The van der Waals surface area contributed by atoms with E-state index in [1.807, 2.05) is 12.1 Å². The summed E-state index contributed by atoms with van der Waals surface area (Å²) in [6.07, 6.45) is 1.27. The highest BCUT2D eigenvalue weighted by Crippen LogP contribution is 2.30. The van der Waals surface area contributed by atoms with Crippen LogP contribution in [0.4, 0.5) is 0 Å². The van der Waals surface area contributed by atoms with E-state index in [1.54, 1.807) is 24.1 Å². The van der Waals surface area contributed by atoms with Crippen LogP contribution in [0.25, 0.3) is 0 Å². The molecule has 130 valence electrons. The van der Waals surface area contributed by atoms with Crippen molar-refractivity contribution in [1.29, 1.82) is 0 Å². The largest absolute Gasteiger partial charge is 0.376 e. The van der Waals surface area contributed by atoms with Crippen LogP contribution < -0.4 is 5.32 Å². The summed E-state index contributed by atoms with van der Waals surface area (Å²) in [5.41, 5.74) is 0.812. The van der Waals surface area contributed by atoms with Crippen LogP contribution in [0.15, 0.2) is 24.3 Å². The summed E-state index contributed by atoms with van der Waals surface area (Å²) in [6.45, 7) is 1.10. The van der Waals surface area contributed by atoms with Gasteiger partial charge in [-0.25, -0.2) is 0 Å². The van der Waals surface area contributed by atoms with E-state index in [9.17, 15) is 9.59 Å². The van der Waals surface area contributed by atoms with Gasteiger partial charge in [-0.3, -0.25) is 9.59 Å². The Hall–Kier alpha value is -1.63. The number of nitrogens with zero attached hydrogens (tertiary/aromatic N) is 1. The van der Waals surface area contributed by atoms with Crippen LogP contribution in [-0.4, -0.2) is 55.7 Å². The third-order valence-electron chi connectivity index (χ3n) is 4.48. The van der Waals surface area contributed by atoms with Gasteiger partial charge in [-0.05, 0) is 30.5 Å². The second-order valence-electron chi connectivity index (χ2n) is 6.11. The quantitative estimate of drug-likeness (QED) is 0.892. The monoisotopic (exact) mass is 352 g/mol. The number of rotatable bonds is 4. The Kier molecular flexibility index (Phi) is 5.38. The minimum absolute atomic E-state index is 0.0610. The fourth-order valence-corrected chi connectivity index (χ4v) is 3.24. The highest BCUT2D eigenvalue weighted by Gasteiger charge is 2.40. The predicted molar refractivity (Wildman–Crippen MR) is 88.7 cm³/mol. The van der Waals surface area contributed by atoms with Gasteiger partial charge in [-0.2, -0.15) is 0 Å². The number of hydrogen-bond donors (Lipinski definition) is 1. The van der Waals surface area contributed by atoms with Crippen LogP contribution in [0.3, 0.4) is 0 Å². The number of morpholine rings is 1. The van der Waals surface area contributed by atoms with Crippen molar-refractivity contribution in [2.24, 2.45) is 0 Å². The summed E-state index contributed by atoms with van der Waals surface area (Å²) in [7, 11) is 1.69. The highest BCUT2D eigenvalue weighted by molar-refractivity contribution is 6.30. The average Bonchev–Trinajstić information content (AvgIpc) is 3.09. The molecule has 0 spiro atoms. The zero-order chi connectivity index (χ0) is 17.1. The van der Waals surface area contributed by atoms with E-state index in [1.165, 1.54) is 0 Å². The number of benzene rings is 1. The first-order valence-corrected chi connectivity index (χ1v) is 8.46. The fraction of sp³-hybridized carbons (Fsp3) is 0.529. The molecule has 0 unspecified atom stereocenters. The third-order valence-corrected chi connectivity index (χ3v) is 4.73. The molecule has 1 aromatic carbocycles. The van der Waals surface area contributed by atoms with Gasteiger partial charge in [0.2, 0.25) is 5.91 Å². The highest BCUT2D eigenvalue weighted by atomic mass is 35.5. The number of ether oxygens (including phenoxy) is 2. The number of likely N-dealkylation sites (N-methyl/N-ethyl adjacent to an activating group) is 1. The number of carbonyl (C=O) groups excluding carboxylic acids is 2. The lowest BCUT2D eigenvalue weighted by atomic mass is 9.97. The van der Waals surface area contributed by atoms with Gasteiger partial charge in [0.15, 0.2) is 6.10 Å². The van der Waals surface area contributed by atoms with E-state index in [-0.39, 0.29) is 24.5 Å². The van der Waals surface area contributed by atoms with E-state index >= 15 is 0 Å². The molecule has 0 radical (unpaired) electrons. The molecular formula is C17H21ClN2O4. The van der Waals surface area contributed by atoms with Crippen LogP contribution in [0, 0.1) is 0 Å². The van der Waals surface area contributed by atoms with Crippen LogP contribution in [0.5, 0.6) is 0 Å². The second-order valence-corrected chi connectivity index (χ2v) is 6.55. The van der Waals surface area contributed by atoms with Gasteiger partial charge < -0.3 is 19.7 Å². The number of amides is 2. The summed E-state index contributed by atoms with van der Waals surface area (Å²) < 4.78 is 11.1. The van der Waals surface area contributed by atoms with Gasteiger partial charge in [-0.1, -0.05) is 23.7 Å². The Morgan fingerprint density at radius 2 is 2.08 bits per heavy atom. The van der Waals surface area contributed by atoms with Gasteiger partial charge in [-0.15, -0.1) is 0 Å². The summed E-state index contributed by atoms with van der Waals surface area (Å²) in [6, 6.07) is 6.63. The molecule has 1 N–H and O–H groups in total. The molecule has 6 nitrogen and oxygen atoms in total. The maximum Gasteiger partial charge on any atom is 0.251 e. The molecule has 1 aromatic rings. The molecule has 7 heteroatoms. The fourth-order valence-electron chi connectivity index (χ4n) is 3.11. The molecule has 3 rings (SSSR count). The summed E-state index contributed by atoms with van der Waals surface area (Å²) in [5, 5.41) is 3.49. The molecule has 0 aromatic heterocycles. The minimum atomic E-state index is -0.754. The van der Waals surface area contributed by atoms with Crippen molar-refractivity contribution < 1.29 is 19.1 Å². The third kappa shape index (κ3) is 3.71. The lowest BCUT2D eigenvalue weighted by Gasteiger charge is -2.38. The van der Waals surface area contributed by atoms with Crippen molar-refractivity contribution in [3.05, 3.63) is 34.9 Å². The number of carbonyl (C=O) groups is 2. The van der Waals surface area contributed by atoms with E-state index < -0.39 is 12.1 Å². The van der Waals surface area contributed by atoms with Gasteiger partial charge in [0.1, 0.15) is 6.61 Å². The molecule has 0 aliphatic carbocycles. The first-order chi connectivity index (χ1) is 11.6. The van der Waals surface area contributed by atoms with Crippen molar-refractivity contribution in [3.63, 3.8) is 0 Å². The van der Waals surface area contributed by atoms with Gasteiger partial charge in [0, 0.05) is 25.2 Å². The maximum absolute atomic E-state index is 12.6. The first-order valence-electron chi connectivity index (χ1n) is 8.08. The Balaban J connectivity index is 1.74. The number of nitrogens with one attached hydrogen (secondary N) is 1. The van der Waals surface area contributed by atoms with Gasteiger partial charge in [0.25, 0.3) is 5.91 Å². The van der Waals surface area contributed by atoms with Crippen molar-refractivity contribution >= 4 is 23.4 Å². The van der Waals surface area contributed by atoms with Crippen LogP contribution in [0.2, 0.25) is 5.02 Å². The van der Waals surface area contributed by atoms with Crippen LogP contribution in [-0.2, 0) is 19.1 Å². The van der Waals surface area contributed by atoms with E-state index in [0.29, 0.717) is 11.6 Å². The standard InChI is InChI=1S/C17H21ClN2O4/c1-20-14(21)10-24-16(15(20)11-4-6-12(18)7-5-11)17(22)19-9-13-3-2-8-23-13/h4-7,13,15-16H,2-3,8-10H2,1H3,(H,19,22)/t13-,15-,16-/m0/s1. The van der Waals surface area contributed by atoms with Crippen LogP contribution in [0.1, 0.15) is 24.4 Å². The average molecular weight is 353 g/mol. The maximum atomic E-state index is 12.6. The molecular weight excluding hydrogens is 332 g/mol. The van der Waals surface area contributed by atoms with Gasteiger partial charge >= 0.3 is 0 Å². The van der Waals surface area contributed by atoms with Crippen molar-refractivity contribution in [1.82, 2.24) is 10.2 Å². The molecule has 0 bridgehead atoms. The summed E-state index contributed by atoms with van der Waals surface area (Å²) in [4.78, 5) is 26.2. The molecule has 3 atom stereocenters. The molecule has 2 heterocycles. The van der Waals surface area contributed by atoms with Crippen LogP contribution >= 0.6 is 11.6 Å². The summed E-state index contributed by atoms with van der Waals surface area (Å²) in [5.74, 6) is -0.386. The van der Waals surface area contributed by atoms with Crippen molar-refractivity contribution in [2.45, 2.75) is 31.1 Å². The SMILES string of the molecule is CN1C(=O)CO[C@H](C(=O)NC[C@@H]2CCCO2)[C@@H]1c1ccc(Cl)cc1. The zero-order valence-corrected chi connectivity index (χ0v) is 14.3. The smallest absolute Gasteiger partial charge is 0.251 e. The minimum Gasteiger partial charge on any atom is -0.376 e. The van der Waals surface area contributed by atoms with Crippen molar-refractivity contribution in [2.75, 3.05) is 26.8 Å². The molecule has 0 saturated carbocycles. The van der Waals surface area contributed by atoms with E-state index in [4.69, 9.17) is 21.1 Å². The Morgan fingerprint density at radius 3 is 2.75 bits per heavy atom. The second kappa shape index (κ2) is 7.51. The molecule has 2 fully saturated rings. The predicted octanol–water partition coefficient (Wildman–Crippen LogP) is 1.53. The van der Waals surface area contributed by atoms with Crippen molar-refractivity contribution in [3.8, 4) is 0 Å². The Morgan fingerprint density at radius 1 is 1.33 bits per heavy atom. The topological polar surface area (TPSA) is 67.9 Å². The molecule has 2 amide bonds. The first kappa shape index (κ1) is 17.2. The van der Waals surface area contributed by atoms with E-state index in [2.05, 4.69) is 5.32 Å². The molecule has 2 saturated heterocycles.